The Labute approximate surface area is 133 Å². The summed E-state index contributed by atoms with van der Waals surface area (Å²) in [5.74, 6) is -2.00. The van der Waals surface area contributed by atoms with Gasteiger partial charge in [-0.3, -0.25) is 0 Å². The van der Waals surface area contributed by atoms with Gasteiger partial charge >= 0.3 is 0 Å². The molecule has 6 heteroatoms. The van der Waals surface area contributed by atoms with Gasteiger partial charge < -0.3 is 5.11 Å². The van der Waals surface area contributed by atoms with Crippen LogP contribution in [0.25, 0.3) is 11.1 Å². The van der Waals surface area contributed by atoms with Gasteiger partial charge in [0.05, 0.1) is 11.5 Å². The molecule has 121 valence electrons. The van der Waals surface area contributed by atoms with Gasteiger partial charge in [-0.1, -0.05) is 18.2 Å². The molecule has 0 aromatic heterocycles. The van der Waals surface area contributed by atoms with Crippen LogP contribution in [0.3, 0.4) is 0 Å². The number of benzene rings is 2. The lowest BCUT2D eigenvalue weighted by Gasteiger charge is -2.11. The van der Waals surface area contributed by atoms with E-state index < -0.39 is 28.1 Å². The second kappa shape index (κ2) is 6.60. The van der Waals surface area contributed by atoms with Crippen LogP contribution in [-0.2, 0) is 9.84 Å². The van der Waals surface area contributed by atoms with Crippen molar-refractivity contribution < 1.29 is 22.3 Å². The third-order valence-corrected chi connectivity index (χ3v) is 4.55. The van der Waals surface area contributed by atoms with E-state index in [-0.39, 0.29) is 4.90 Å². The van der Waals surface area contributed by atoms with Gasteiger partial charge in [0.15, 0.2) is 21.5 Å². The average molecular weight is 337 g/mol. The largest absolute Gasteiger partial charge is 0.392 e. The molecule has 0 amide bonds. The molecule has 0 saturated heterocycles. The van der Waals surface area contributed by atoms with Gasteiger partial charge in [-0.25, -0.2) is 17.2 Å². The Balaban J connectivity index is 2.50. The summed E-state index contributed by atoms with van der Waals surface area (Å²) in [6.45, 7) is 3.43. The van der Waals surface area contributed by atoms with Crippen LogP contribution in [0.4, 0.5) is 8.78 Å². The zero-order valence-electron chi connectivity index (χ0n) is 12.4. The molecule has 0 unspecified atom stereocenters. The van der Waals surface area contributed by atoms with Crippen molar-refractivity contribution in [3.63, 3.8) is 0 Å². The van der Waals surface area contributed by atoms with Crippen LogP contribution >= 0.6 is 0 Å². The minimum Gasteiger partial charge on any atom is -0.392 e. The molecule has 1 N–H and O–H groups in total. The zero-order valence-corrected chi connectivity index (χ0v) is 13.2. The van der Waals surface area contributed by atoms with E-state index in [1.54, 1.807) is 12.1 Å². The van der Waals surface area contributed by atoms with E-state index in [4.69, 9.17) is 0 Å². The van der Waals surface area contributed by atoms with Crippen molar-refractivity contribution in [2.75, 3.05) is 12.9 Å². The number of hydrogen-bond donors (Lipinski definition) is 1. The highest BCUT2D eigenvalue weighted by Crippen LogP contribution is 2.27. The number of halogens is 2. The van der Waals surface area contributed by atoms with Crippen LogP contribution in [0.5, 0.6) is 0 Å². The number of hydrogen-bond acceptors (Lipinski definition) is 3. The highest BCUT2D eigenvalue weighted by Gasteiger charge is 2.12. The van der Waals surface area contributed by atoms with Gasteiger partial charge in [0.1, 0.15) is 0 Å². The van der Waals surface area contributed by atoms with Gasteiger partial charge in [0.2, 0.25) is 0 Å². The lowest BCUT2D eigenvalue weighted by Crippen LogP contribution is -1.99. The highest BCUT2D eigenvalue weighted by molar-refractivity contribution is 7.90. The lowest BCUT2D eigenvalue weighted by molar-refractivity contribution is 0.350. The second-order valence-electron chi connectivity index (χ2n) is 5.04. The fourth-order valence-electron chi connectivity index (χ4n) is 2.12. The first-order valence-corrected chi connectivity index (χ1v) is 8.55. The smallest absolute Gasteiger partial charge is 0.175 e. The number of aliphatic hydroxyl groups excluding tert-OH is 1. The lowest BCUT2D eigenvalue weighted by atomic mass is 9.96. The quantitative estimate of drug-likeness (QED) is 0.872. The molecule has 23 heavy (non-hydrogen) atoms. The molecule has 0 aliphatic carbocycles. The molecule has 2 rings (SSSR count). The molecule has 0 spiro atoms. The van der Waals surface area contributed by atoms with Crippen LogP contribution in [0.15, 0.2) is 47.4 Å². The molecule has 0 aliphatic heterocycles. The van der Waals surface area contributed by atoms with Crippen molar-refractivity contribution >= 4 is 21.0 Å². The Morgan fingerprint density at radius 3 is 2.09 bits per heavy atom. The van der Waals surface area contributed by atoms with Crippen molar-refractivity contribution in [2.45, 2.75) is 4.90 Å². The summed E-state index contributed by atoms with van der Waals surface area (Å²) in [7, 11) is -3.31. The summed E-state index contributed by atoms with van der Waals surface area (Å²) in [6.07, 6.45) is 1.10. The van der Waals surface area contributed by atoms with E-state index in [0.29, 0.717) is 22.3 Å². The van der Waals surface area contributed by atoms with Crippen LogP contribution < -0.4 is 0 Å². The van der Waals surface area contributed by atoms with Crippen molar-refractivity contribution in [1.82, 2.24) is 0 Å². The van der Waals surface area contributed by atoms with Crippen LogP contribution in [0.1, 0.15) is 11.1 Å². The molecule has 0 fully saturated rings. The maximum absolute atomic E-state index is 13.4. The minimum absolute atomic E-state index is 0.160. The summed E-state index contributed by atoms with van der Waals surface area (Å²) in [6, 6.07) is 9.26. The first kappa shape index (κ1) is 17.3. The molecule has 2 aromatic carbocycles. The van der Waals surface area contributed by atoms with Crippen LogP contribution in [0.2, 0.25) is 0 Å². The van der Waals surface area contributed by atoms with Gasteiger partial charge in [-0.15, -0.1) is 0 Å². The minimum atomic E-state index is -3.31. The molecule has 3 nitrogen and oxygen atoms in total. The molecular weight excluding hydrogens is 322 g/mol. The standard InChI is InChI=1S/C17H15F2O3S/c1-11(12-3-6-14(7-4-12)23(2,21)22)15(10-20)13-5-8-16(18)17(19)9-13/h3-9,20H,1,10H2,2H3/b15-11+. The fraction of sp³-hybridized carbons (Fsp3) is 0.118. The molecule has 0 aliphatic rings. The molecule has 0 heterocycles. The van der Waals surface area contributed by atoms with Crippen molar-refractivity contribution in [3.8, 4) is 0 Å². The van der Waals surface area contributed by atoms with Crippen molar-refractivity contribution in [2.24, 2.45) is 0 Å². The average Bonchev–Trinajstić information content (AvgIpc) is 2.50. The van der Waals surface area contributed by atoms with E-state index in [0.717, 1.165) is 18.4 Å². The third kappa shape index (κ3) is 3.83. The Hall–Kier alpha value is -2.05. The highest BCUT2D eigenvalue weighted by atomic mass is 32.2. The Morgan fingerprint density at radius 2 is 1.61 bits per heavy atom. The third-order valence-electron chi connectivity index (χ3n) is 3.42. The first-order valence-electron chi connectivity index (χ1n) is 6.66. The van der Waals surface area contributed by atoms with E-state index in [9.17, 15) is 22.3 Å². The number of aliphatic hydroxyl groups is 1. The summed E-state index contributed by atoms with van der Waals surface area (Å²) in [5, 5.41) is 9.55. The first-order chi connectivity index (χ1) is 10.7. The fourth-order valence-corrected chi connectivity index (χ4v) is 2.75. The van der Waals surface area contributed by atoms with Crippen LogP contribution in [0, 0.1) is 18.6 Å². The predicted octanol–water partition coefficient (Wildman–Crippen LogP) is 3.11. The van der Waals surface area contributed by atoms with E-state index in [1.807, 2.05) is 0 Å². The molecule has 2 aromatic rings. The Bertz CT molecular complexity index is 854. The molecule has 1 radical (unpaired) electrons. The number of rotatable bonds is 4. The number of allylic oxidation sites excluding steroid dienone is 1. The summed E-state index contributed by atoms with van der Waals surface area (Å²) in [4.78, 5) is 0.160. The number of sulfone groups is 1. The Morgan fingerprint density at radius 1 is 1.04 bits per heavy atom. The summed E-state index contributed by atoms with van der Waals surface area (Å²) < 4.78 is 49.3. The molecule has 0 bridgehead atoms. The van der Waals surface area contributed by atoms with E-state index in [2.05, 4.69) is 6.92 Å². The summed E-state index contributed by atoms with van der Waals surface area (Å²) >= 11 is 0. The predicted molar refractivity (Wildman–Crippen MR) is 85.2 cm³/mol. The van der Waals surface area contributed by atoms with Gasteiger partial charge in [-0.2, -0.15) is 0 Å². The maximum atomic E-state index is 13.4. The van der Waals surface area contributed by atoms with Crippen molar-refractivity contribution in [3.05, 3.63) is 72.1 Å². The van der Waals surface area contributed by atoms with Gasteiger partial charge in [0.25, 0.3) is 0 Å². The SMILES string of the molecule is [CH2]/C(=C(/CO)c1ccc(F)c(F)c1)c1ccc(S(C)(=O)=O)cc1. The van der Waals surface area contributed by atoms with Gasteiger partial charge in [-0.05, 0) is 53.5 Å². The molecule has 0 saturated carbocycles. The Kier molecular flexibility index (Phi) is 4.97. The van der Waals surface area contributed by atoms with Gasteiger partial charge in [0, 0.05) is 6.26 Å². The zero-order chi connectivity index (χ0) is 17.2. The maximum Gasteiger partial charge on any atom is 0.175 e. The van der Waals surface area contributed by atoms with E-state index in [1.165, 1.54) is 18.2 Å². The van der Waals surface area contributed by atoms with E-state index >= 15 is 0 Å². The van der Waals surface area contributed by atoms with Crippen molar-refractivity contribution in [1.29, 1.82) is 0 Å². The topological polar surface area (TPSA) is 54.4 Å². The van der Waals surface area contributed by atoms with Crippen LogP contribution in [-0.4, -0.2) is 26.4 Å². The summed E-state index contributed by atoms with van der Waals surface area (Å²) in [5.41, 5.74) is 1.62. The molecule has 0 atom stereocenters. The monoisotopic (exact) mass is 337 g/mol. The second-order valence-corrected chi connectivity index (χ2v) is 7.06. The normalized spacial score (nSPS) is 12.9. The molecular formula is C17H15F2O3S.